The highest BCUT2D eigenvalue weighted by atomic mass is 79.9. The van der Waals surface area contributed by atoms with Crippen LogP contribution in [0.2, 0.25) is 0 Å². The maximum absolute atomic E-state index is 12.6. The van der Waals surface area contributed by atoms with Crippen LogP contribution in [0.5, 0.6) is 0 Å². The Morgan fingerprint density at radius 2 is 2.15 bits per heavy atom. The van der Waals surface area contributed by atoms with Crippen molar-refractivity contribution < 1.29 is 9.59 Å². The Morgan fingerprint density at radius 1 is 1.50 bits per heavy atom. The Bertz CT molecular complexity index is 618. The number of hydrogen-bond acceptors (Lipinski definition) is 3. The van der Waals surface area contributed by atoms with Crippen molar-refractivity contribution in [3.05, 3.63) is 33.3 Å². The summed E-state index contributed by atoms with van der Waals surface area (Å²) in [5.41, 5.74) is 6.00. The normalized spacial score (nSPS) is 13.7. The summed E-state index contributed by atoms with van der Waals surface area (Å²) in [5, 5.41) is 9.00. The van der Waals surface area contributed by atoms with Crippen LogP contribution in [0.15, 0.2) is 16.6 Å². The lowest BCUT2D eigenvalue weighted by Crippen LogP contribution is -2.34. The molecule has 2 N–H and O–H groups in total. The lowest BCUT2D eigenvalue weighted by molar-refractivity contribution is 0.0747. The van der Waals surface area contributed by atoms with E-state index < -0.39 is 5.91 Å². The van der Waals surface area contributed by atoms with E-state index in [2.05, 4.69) is 15.9 Å². The van der Waals surface area contributed by atoms with Gasteiger partial charge >= 0.3 is 0 Å². The fraction of sp³-hybridized carbons (Fsp3) is 0.357. The summed E-state index contributed by atoms with van der Waals surface area (Å²) in [5.74, 6) is -0.932. The largest absolute Gasteiger partial charge is 0.366 e. The fourth-order valence-corrected chi connectivity index (χ4v) is 2.85. The van der Waals surface area contributed by atoms with Gasteiger partial charge in [-0.2, -0.15) is 5.26 Å². The molecule has 6 heteroatoms. The summed E-state index contributed by atoms with van der Waals surface area (Å²) < 4.78 is 0.374. The average Bonchev–Trinajstić information content (AvgIpc) is 3.22. The van der Waals surface area contributed by atoms with E-state index in [9.17, 15) is 9.59 Å². The van der Waals surface area contributed by atoms with Crippen LogP contribution in [0.1, 0.15) is 46.0 Å². The molecule has 1 aromatic rings. The number of hydrogen-bond donors (Lipinski definition) is 1. The van der Waals surface area contributed by atoms with Gasteiger partial charge in [0.15, 0.2) is 0 Å². The lowest BCUT2D eigenvalue weighted by Gasteiger charge is -2.22. The molecule has 2 rings (SSSR count). The Hall–Kier alpha value is -1.87. The molecule has 2 amide bonds. The first kappa shape index (κ1) is 14.5. The summed E-state index contributed by atoms with van der Waals surface area (Å²) in [4.78, 5) is 25.9. The van der Waals surface area contributed by atoms with E-state index in [1.807, 2.05) is 13.0 Å². The topological polar surface area (TPSA) is 87.2 Å². The molecule has 20 heavy (non-hydrogen) atoms. The minimum absolute atomic E-state index is 0.133. The van der Waals surface area contributed by atoms with Crippen LogP contribution in [0, 0.1) is 11.3 Å². The molecule has 104 valence electrons. The molecule has 1 aromatic carbocycles. The fourth-order valence-electron chi connectivity index (χ4n) is 2.20. The third kappa shape index (κ3) is 2.68. The molecule has 1 aliphatic carbocycles. The molecule has 0 aliphatic heterocycles. The van der Waals surface area contributed by atoms with Crippen molar-refractivity contribution in [2.75, 3.05) is 6.54 Å². The van der Waals surface area contributed by atoms with Gasteiger partial charge in [0.2, 0.25) is 0 Å². The molecule has 1 saturated carbocycles. The lowest BCUT2D eigenvalue weighted by atomic mass is 10.0. The highest BCUT2D eigenvalue weighted by Crippen LogP contribution is 2.30. The van der Waals surface area contributed by atoms with Crippen LogP contribution < -0.4 is 5.73 Å². The molecule has 0 saturated heterocycles. The van der Waals surface area contributed by atoms with Gasteiger partial charge in [-0.05, 0) is 47.8 Å². The molecule has 1 aliphatic rings. The number of benzene rings is 1. The molecule has 0 unspecified atom stereocenters. The van der Waals surface area contributed by atoms with Gasteiger partial charge in [0, 0.05) is 17.1 Å². The van der Waals surface area contributed by atoms with Crippen LogP contribution in [0.25, 0.3) is 0 Å². The number of carbonyl (C=O) groups excluding carboxylic acids is 2. The summed E-state index contributed by atoms with van der Waals surface area (Å²) in [6, 6.07) is 5.13. The van der Waals surface area contributed by atoms with Crippen molar-refractivity contribution in [2.45, 2.75) is 25.8 Å². The monoisotopic (exact) mass is 335 g/mol. The van der Waals surface area contributed by atoms with E-state index in [1.54, 1.807) is 4.90 Å². The number of halogens is 1. The Labute approximate surface area is 125 Å². The number of nitrogens with zero attached hydrogens (tertiary/aromatic N) is 2. The Kier molecular flexibility index (Phi) is 4.09. The van der Waals surface area contributed by atoms with Crippen LogP contribution in [0.4, 0.5) is 0 Å². The Balaban J connectivity index is 2.53. The zero-order chi connectivity index (χ0) is 14.9. The van der Waals surface area contributed by atoms with E-state index in [0.29, 0.717) is 16.6 Å². The standard InChI is InChI=1S/C14H14BrN3O2/c1-2-18(9-3-4-9)14(20)10-5-8(7-16)6-11(15)12(10)13(17)19/h5-6,9H,2-4H2,1H3,(H2,17,19). The van der Waals surface area contributed by atoms with Gasteiger partial charge in [-0.3, -0.25) is 9.59 Å². The van der Waals surface area contributed by atoms with Crippen molar-refractivity contribution in [1.29, 1.82) is 5.26 Å². The number of amides is 2. The zero-order valence-corrected chi connectivity index (χ0v) is 12.6. The predicted molar refractivity (Wildman–Crippen MR) is 77.1 cm³/mol. The van der Waals surface area contributed by atoms with Crippen molar-refractivity contribution >= 4 is 27.7 Å². The number of primary amides is 1. The molecular formula is C14H14BrN3O2. The number of nitrogens with two attached hydrogens (primary N) is 1. The van der Waals surface area contributed by atoms with Gasteiger partial charge in [-0.15, -0.1) is 0 Å². The minimum atomic E-state index is -0.684. The van der Waals surface area contributed by atoms with Crippen molar-refractivity contribution in [2.24, 2.45) is 5.73 Å². The number of nitriles is 1. The predicted octanol–water partition coefficient (Wildman–Crippen LogP) is 2.04. The smallest absolute Gasteiger partial charge is 0.254 e. The van der Waals surface area contributed by atoms with Gasteiger partial charge in [-0.1, -0.05) is 0 Å². The highest BCUT2D eigenvalue weighted by molar-refractivity contribution is 9.10. The van der Waals surface area contributed by atoms with Gasteiger partial charge in [0.05, 0.1) is 22.8 Å². The molecule has 0 radical (unpaired) electrons. The van der Waals surface area contributed by atoms with E-state index in [1.165, 1.54) is 12.1 Å². The molecule has 0 spiro atoms. The second-order valence-corrected chi connectivity index (χ2v) is 5.53. The maximum atomic E-state index is 12.6. The van der Waals surface area contributed by atoms with E-state index in [0.717, 1.165) is 12.8 Å². The third-order valence-electron chi connectivity index (χ3n) is 3.29. The van der Waals surface area contributed by atoms with Crippen LogP contribution in [-0.2, 0) is 0 Å². The Morgan fingerprint density at radius 3 is 2.60 bits per heavy atom. The first-order valence-corrected chi connectivity index (χ1v) is 7.13. The van der Waals surface area contributed by atoms with E-state index in [4.69, 9.17) is 11.0 Å². The second kappa shape index (κ2) is 5.63. The molecule has 1 fully saturated rings. The second-order valence-electron chi connectivity index (χ2n) is 4.68. The number of carbonyl (C=O) groups is 2. The molecule has 0 heterocycles. The summed E-state index contributed by atoms with van der Waals surface area (Å²) in [6.45, 7) is 2.46. The third-order valence-corrected chi connectivity index (χ3v) is 3.91. The SMILES string of the molecule is CCN(C(=O)c1cc(C#N)cc(Br)c1C(N)=O)C1CC1. The highest BCUT2D eigenvalue weighted by Gasteiger charge is 2.33. The van der Waals surface area contributed by atoms with Crippen molar-refractivity contribution in [3.8, 4) is 6.07 Å². The molecule has 5 nitrogen and oxygen atoms in total. The van der Waals surface area contributed by atoms with Crippen molar-refractivity contribution in [1.82, 2.24) is 4.90 Å². The molecule has 0 bridgehead atoms. The van der Waals surface area contributed by atoms with Gasteiger partial charge in [-0.25, -0.2) is 0 Å². The van der Waals surface area contributed by atoms with Crippen LogP contribution in [0.3, 0.4) is 0 Å². The zero-order valence-electron chi connectivity index (χ0n) is 11.0. The number of rotatable bonds is 4. The van der Waals surface area contributed by atoms with Gasteiger partial charge in [0.25, 0.3) is 11.8 Å². The van der Waals surface area contributed by atoms with E-state index in [-0.39, 0.29) is 23.1 Å². The van der Waals surface area contributed by atoms with Gasteiger partial charge < -0.3 is 10.6 Å². The summed E-state index contributed by atoms with van der Waals surface area (Å²) >= 11 is 3.21. The van der Waals surface area contributed by atoms with Gasteiger partial charge in [0.1, 0.15) is 0 Å². The van der Waals surface area contributed by atoms with Crippen LogP contribution in [-0.4, -0.2) is 29.3 Å². The first-order valence-electron chi connectivity index (χ1n) is 6.34. The van der Waals surface area contributed by atoms with Crippen molar-refractivity contribution in [3.63, 3.8) is 0 Å². The average molecular weight is 336 g/mol. The summed E-state index contributed by atoms with van der Waals surface area (Å²) in [7, 11) is 0. The minimum Gasteiger partial charge on any atom is -0.366 e. The van der Waals surface area contributed by atoms with E-state index >= 15 is 0 Å². The molecule has 0 atom stereocenters. The molecular weight excluding hydrogens is 322 g/mol. The quantitative estimate of drug-likeness (QED) is 0.913. The molecule has 0 aromatic heterocycles. The maximum Gasteiger partial charge on any atom is 0.254 e. The summed E-state index contributed by atoms with van der Waals surface area (Å²) in [6.07, 6.45) is 1.95. The van der Waals surface area contributed by atoms with Crippen LogP contribution >= 0.6 is 15.9 Å². The first-order chi connectivity index (χ1) is 9.49.